The SMILES string of the molecule is [C-]#[N+]CCOP(OCC1OC(n2cnc3c(C)ncnc32)C(OC(c2ccccc2)(c2ccc(OC)cc2)c2ccc(OC)cc2)[C@H]1F)OC1[C@@H](CC)O[C@@H](n2cnc3c(C)ncnc32)[C@H]1F. The molecule has 9 rings (SSSR count). The summed E-state index contributed by atoms with van der Waals surface area (Å²) in [4.78, 5) is 29.8. The molecule has 5 unspecified atom stereocenters. The molecule has 348 valence electrons. The van der Waals surface area contributed by atoms with Crippen molar-refractivity contribution >= 4 is 30.9 Å². The van der Waals surface area contributed by atoms with Crippen molar-refractivity contribution in [3.63, 3.8) is 0 Å². The van der Waals surface area contributed by atoms with Gasteiger partial charge >= 0.3 is 8.60 Å². The van der Waals surface area contributed by atoms with Crippen LogP contribution in [0.5, 0.6) is 11.5 Å². The van der Waals surface area contributed by atoms with E-state index in [2.05, 4.69) is 34.7 Å². The molecule has 4 aromatic heterocycles. The van der Waals surface area contributed by atoms with Crippen molar-refractivity contribution in [2.45, 2.75) is 82.0 Å². The highest BCUT2D eigenvalue weighted by Gasteiger charge is 2.54. The molecule has 2 saturated heterocycles. The van der Waals surface area contributed by atoms with Crippen LogP contribution >= 0.6 is 8.60 Å². The number of nitrogens with zero attached hydrogens (tertiary/aromatic N) is 9. The van der Waals surface area contributed by atoms with Gasteiger partial charge < -0.3 is 42.1 Å². The zero-order valence-corrected chi connectivity index (χ0v) is 38.2. The fourth-order valence-corrected chi connectivity index (χ4v) is 9.73. The minimum atomic E-state index is -2.41. The summed E-state index contributed by atoms with van der Waals surface area (Å²) in [6.07, 6.45) is -4.32. The van der Waals surface area contributed by atoms with E-state index in [9.17, 15) is 0 Å². The number of fused-ring (bicyclic) bond motifs is 2. The molecule has 2 aliphatic rings. The van der Waals surface area contributed by atoms with E-state index in [0.717, 1.165) is 0 Å². The molecule has 0 bridgehead atoms. The van der Waals surface area contributed by atoms with E-state index in [1.54, 1.807) is 32.6 Å². The summed E-state index contributed by atoms with van der Waals surface area (Å²) < 4.78 is 87.7. The molecular weight excluding hydrogens is 888 g/mol. The van der Waals surface area contributed by atoms with Gasteiger partial charge in [0.2, 0.25) is 6.54 Å². The summed E-state index contributed by atoms with van der Waals surface area (Å²) >= 11 is 0. The molecule has 0 saturated carbocycles. The minimum Gasteiger partial charge on any atom is -0.497 e. The molecule has 0 radical (unpaired) electrons. The van der Waals surface area contributed by atoms with Crippen molar-refractivity contribution in [2.24, 2.45) is 0 Å². The number of benzene rings is 3. The van der Waals surface area contributed by atoms with Crippen LogP contribution in [-0.2, 0) is 33.4 Å². The van der Waals surface area contributed by atoms with E-state index < -0.39 is 70.0 Å². The summed E-state index contributed by atoms with van der Waals surface area (Å²) in [5, 5.41) is 0. The maximum absolute atomic E-state index is 17.9. The normalized spacial score (nSPS) is 23.4. The van der Waals surface area contributed by atoms with Crippen LogP contribution in [0.3, 0.4) is 0 Å². The molecular formula is C47H48F2N9O8P. The fourth-order valence-electron chi connectivity index (χ4n) is 8.59. The zero-order valence-electron chi connectivity index (χ0n) is 37.3. The van der Waals surface area contributed by atoms with Gasteiger partial charge in [0.05, 0.1) is 51.0 Å². The molecule has 20 heteroatoms. The van der Waals surface area contributed by atoms with Gasteiger partial charge in [0.25, 0.3) is 0 Å². The van der Waals surface area contributed by atoms with Gasteiger partial charge in [-0.3, -0.25) is 9.13 Å². The second kappa shape index (κ2) is 20.0. The van der Waals surface area contributed by atoms with Crippen molar-refractivity contribution in [3.8, 4) is 11.5 Å². The summed E-state index contributed by atoms with van der Waals surface area (Å²) in [6.45, 7) is 12.3. The molecule has 9 atom stereocenters. The first-order chi connectivity index (χ1) is 32.7. The number of ether oxygens (including phenoxy) is 5. The van der Waals surface area contributed by atoms with Gasteiger partial charge in [-0.25, -0.2) is 45.3 Å². The van der Waals surface area contributed by atoms with Gasteiger partial charge in [-0.1, -0.05) is 61.5 Å². The van der Waals surface area contributed by atoms with Crippen LogP contribution in [0, 0.1) is 20.4 Å². The highest BCUT2D eigenvalue weighted by atomic mass is 31.2. The number of aryl methyl sites for hydroxylation is 2. The molecule has 17 nitrogen and oxygen atoms in total. The Morgan fingerprint density at radius 3 is 1.79 bits per heavy atom. The lowest BCUT2D eigenvalue weighted by atomic mass is 9.79. The van der Waals surface area contributed by atoms with Crippen molar-refractivity contribution < 1.29 is 46.0 Å². The molecule has 2 aliphatic heterocycles. The Morgan fingerprint density at radius 1 is 0.687 bits per heavy atom. The lowest BCUT2D eigenvalue weighted by Crippen LogP contribution is -2.43. The largest absolute Gasteiger partial charge is 0.497 e. The van der Waals surface area contributed by atoms with E-state index in [4.69, 9.17) is 43.8 Å². The van der Waals surface area contributed by atoms with Crippen LogP contribution in [0.25, 0.3) is 27.2 Å². The van der Waals surface area contributed by atoms with Gasteiger partial charge in [-0.05, 0) is 61.2 Å². The average Bonchev–Trinajstić information content (AvgIpc) is 4.14. The number of rotatable bonds is 18. The lowest BCUT2D eigenvalue weighted by Gasteiger charge is -2.39. The second-order valence-corrected chi connectivity index (χ2v) is 17.1. The number of methoxy groups -OCH3 is 2. The van der Waals surface area contributed by atoms with E-state index in [-0.39, 0.29) is 13.2 Å². The van der Waals surface area contributed by atoms with Crippen molar-refractivity contribution in [3.05, 3.63) is 144 Å². The van der Waals surface area contributed by atoms with Crippen LogP contribution in [-0.4, -0.2) is 110 Å². The first-order valence-electron chi connectivity index (χ1n) is 21.6. The Balaban J connectivity index is 1.07. The minimum absolute atomic E-state index is 0.0252. The molecule has 2 fully saturated rings. The highest BCUT2D eigenvalue weighted by Crippen LogP contribution is 2.50. The quantitative estimate of drug-likeness (QED) is 0.0351. The summed E-state index contributed by atoms with van der Waals surface area (Å²) in [7, 11) is 0.755. The molecule has 0 N–H and O–H groups in total. The van der Waals surface area contributed by atoms with Gasteiger partial charge in [0.15, 0.2) is 36.1 Å². The van der Waals surface area contributed by atoms with Crippen LogP contribution in [0.2, 0.25) is 0 Å². The Morgan fingerprint density at radius 2 is 1.24 bits per heavy atom. The first-order valence-corrected chi connectivity index (χ1v) is 22.7. The third-order valence-corrected chi connectivity index (χ3v) is 13.2. The molecule has 7 aromatic rings. The van der Waals surface area contributed by atoms with Gasteiger partial charge in [0.1, 0.15) is 65.7 Å². The lowest BCUT2D eigenvalue weighted by molar-refractivity contribution is -0.115. The van der Waals surface area contributed by atoms with Crippen LogP contribution in [0.4, 0.5) is 8.78 Å². The summed E-state index contributed by atoms with van der Waals surface area (Å²) in [5.74, 6) is 1.23. The molecule has 0 aliphatic carbocycles. The number of hydrogen-bond acceptors (Lipinski definition) is 14. The third-order valence-electron chi connectivity index (χ3n) is 12.0. The van der Waals surface area contributed by atoms with Crippen molar-refractivity contribution in [1.29, 1.82) is 0 Å². The Labute approximate surface area is 386 Å². The maximum Gasteiger partial charge on any atom is 0.333 e. The predicted octanol–water partition coefficient (Wildman–Crippen LogP) is 8.12. The monoisotopic (exact) mass is 935 g/mol. The molecule has 0 amide bonds. The van der Waals surface area contributed by atoms with E-state index in [1.165, 1.54) is 29.9 Å². The van der Waals surface area contributed by atoms with Gasteiger partial charge in [-0.15, -0.1) is 0 Å². The fraction of sp³-hybridized carbons (Fsp3) is 0.383. The highest BCUT2D eigenvalue weighted by molar-refractivity contribution is 7.41. The topological polar surface area (TPSA) is 165 Å². The van der Waals surface area contributed by atoms with Gasteiger partial charge in [0, 0.05) is 0 Å². The number of imidazole rings is 2. The molecule has 0 spiro atoms. The van der Waals surface area contributed by atoms with Gasteiger partial charge in [-0.2, -0.15) is 0 Å². The van der Waals surface area contributed by atoms with E-state index >= 15 is 8.78 Å². The molecule has 67 heavy (non-hydrogen) atoms. The molecule has 6 heterocycles. The molecule has 3 aromatic carbocycles. The van der Waals surface area contributed by atoms with Crippen molar-refractivity contribution in [1.82, 2.24) is 39.0 Å². The first kappa shape index (κ1) is 46.0. The standard InChI is InChI=1S/C47H48F2N9O8P/c1-7-35-41(38(49)45(63-35)57-26-55-39-28(2)51-24-53-43(39)57)66-67(61-22-21-50-4)62-23-36-37(48)42(46(64-36)58-27-56-40-29(3)52-25-54-44(40)58)65-47(30-11-9-8-10-12-30,31-13-17-33(59-5)18-14-31)32-15-19-34(60-6)20-16-32/h8-20,24-27,35-38,41-42,45-46H,7,21-23H2,1-3,5-6H3/t35-,36?,37+,38+,41?,42?,45-,46?,67?/m1/s1. The van der Waals surface area contributed by atoms with E-state index in [1.807, 2.05) is 85.8 Å². The number of hydrogen-bond donors (Lipinski definition) is 0. The average molecular weight is 936 g/mol. The number of aromatic nitrogens is 8. The Bertz CT molecular complexity index is 2770. The zero-order chi connectivity index (χ0) is 46.7. The summed E-state index contributed by atoms with van der Waals surface area (Å²) in [5.41, 5.74) is 3.65. The van der Waals surface area contributed by atoms with Crippen LogP contribution < -0.4 is 9.47 Å². The second-order valence-electron chi connectivity index (χ2n) is 15.9. The number of halogens is 2. The predicted molar refractivity (Wildman–Crippen MR) is 240 cm³/mol. The maximum atomic E-state index is 17.9. The number of alkyl halides is 2. The van der Waals surface area contributed by atoms with E-state index in [0.29, 0.717) is 68.3 Å². The third kappa shape index (κ3) is 8.82. The Kier molecular flexibility index (Phi) is 13.7. The summed E-state index contributed by atoms with van der Waals surface area (Å²) in [6, 6.07) is 24.3. The Hall–Kier alpha value is -6.10. The van der Waals surface area contributed by atoms with Crippen LogP contribution in [0.15, 0.2) is 104 Å². The smallest absolute Gasteiger partial charge is 0.333 e. The van der Waals surface area contributed by atoms with Crippen molar-refractivity contribution in [2.75, 3.05) is 34.0 Å². The van der Waals surface area contributed by atoms with Crippen LogP contribution in [0.1, 0.15) is 53.9 Å².